The zero-order valence-corrected chi connectivity index (χ0v) is 10.9. The third kappa shape index (κ3) is 2.53. The molecule has 0 spiro atoms. The lowest BCUT2D eigenvalue weighted by Crippen LogP contribution is -2.52. The largest absolute Gasteiger partial charge is 0.362 e. The van der Waals surface area contributed by atoms with Crippen LogP contribution in [0.1, 0.15) is 32.6 Å². The van der Waals surface area contributed by atoms with Gasteiger partial charge in [-0.05, 0) is 18.8 Å². The minimum Gasteiger partial charge on any atom is -0.362 e. The lowest BCUT2D eigenvalue weighted by atomic mass is 9.73. The van der Waals surface area contributed by atoms with Crippen LogP contribution in [0.15, 0.2) is 12.5 Å². The molecule has 0 bridgehead atoms. The van der Waals surface area contributed by atoms with Gasteiger partial charge >= 0.3 is 0 Å². The number of hydrogen-bond acceptors (Lipinski definition) is 4. The number of nitrogens with zero attached hydrogens (tertiary/aromatic N) is 2. The van der Waals surface area contributed by atoms with Gasteiger partial charge in [0.25, 0.3) is 0 Å². The highest BCUT2D eigenvalue weighted by Crippen LogP contribution is 2.36. The highest BCUT2D eigenvalue weighted by Gasteiger charge is 2.37. The van der Waals surface area contributed by atoms with Gasteiger partial charge in [-0.3, -0.25) is 0 Å². The van der Waals surface area contributed by atoms with Gasteiger partial charge in [-0.2, -0.15) is 0 Å². The molecule has 2 unspecified atom stereocenters. The predicted molar refractivity (Wildman–Crippen MR) is 70.1 cm³/mol. The molecule has 1 aromatic heterocycles. The fraction of sp³-hybridized carbons (Fsp3) is 0.667. The van der Waals surface area contributed by atoms with E-state index in [1.165, 1.54) is 25.6 Å². The van der Waals surface area contributed by atoms with E-state index in [-0.39, 0.29) is 5.54 Å². The minimum absolute atomic E-state index is 0.0732. The maximum atomic E-state index is 6.08. The summed E-state index contributed by atoms with van der Waals surface area (Å²) in [4.78, 5) is 8.08. The molecule has 3 N–H and O–H groups in total. The summed E-state index contributed by atoms with van der Waals surface area (Å²) in [7, 11) is 0. The quantitative estimate of drug-likeness (QED) is 0.870. The van der Waals surface area contributed by atoms with E-state index in [4.69, 9.17) is 17.3 Å². The van der Waals surface area contributed by atoms with Gasteiger partial charge in [0.05, 0.1) is 11.7 Å². The van der Waals surface area contributed by atoms with E-state index >= 15 is 0 Å². The van der Waals surface area contributed by atoms with Crippen molar-refractivity contribution in [1.29, 1.82) is 0 Å². The summed E-state index contributed by atoms with van der Waals surface area (Å²) in [5.74, 6) is 1.23. The van der Waals surface area contributed by atoms with Gasteiger partial charge in [0.15, 0.2) is 0 Å². The topological polar surface area (TPSA) is 63.8 Å². The average molecular weight is 255 g/mol. The molecule has 0 amide bonds. The Labute approximate surface area is 107 Å². The Hall–Kier alpha value is -0.870. The molecular weight excluding hydrogens is 236 g/mol. The van der Waals surface area contributed by atoms with E-state index in [0.29, 0.717) is 23.3 Å². The molecule has 1 aromatic rings. The highest BCUT2D eigenvalue weighted by molar-refractivity contribution is 6.32. The van der Waals surface area contributed by atoms with Crippen LogP contribution in [-0.4, -0.2) is 22.1 Å². The number of hydrogen-bond donors (Lipinski definition) is 2. The molecule has 1 heterocycles. The lowest BCUT2D eigenvalue weighted by Gasteiger charge is -2.43. The van der Waals surface area contributed by atoms with E-state index in [1.807, 2.05) is 0 Å². The van der Waals surface area contributed by atoms with Crippen molar-refractivity contribution >= 4 is 17.4 Å². The maximum absolute atomic E-state index is 6.08. The molecule has 94 valence electrons. The molecule has 2 atom stereocenters. The Morgan fingerprint density at radius 2 is 2.41 bits per heavy atom. The van der Waals surface area contributed by atoms with Crippen molar-refractivity contribution in [3.63, 3.8) is 0 Å². The number of nitrogens with two attached hydrogens (primary N) is 1. The average Bonchev–Trinajstić information content (AvgIpc) is 2.35. The summed E-state index contributed by atoms with van der Waals surface area (Å²) in [6.07, 6.45) is 7.87. The summed E-state index contributed by atoms with van der Waals surface area (Å²) >= 11 is 6.08. The highest BCUT2D eigenvalue weighted by atomic mass is 35.5. The van der Waals surface area contributed by atoms with Crippen molar-refractivity contribution < 1.29 is 0 Å². The van der Waals surface area contributed by atoms with Crippen LogP contribution in [0.3, 0.4) is 0 Å². The summed E-state index contributed by atoms with van der Waals surface area (Å²) in [6.45, 7) is 2.85. The summed E-state index contributed by atoms with van der Waals surface area (Å²) in [5, 5.41) is 4.01. The Bertz CT molecular complexity index is 385. The van der Waals surface area contributed by atoms with Gasteiger partial charge in [-0.15, -0.1) is 0 Å². The van der Waals surface area contributed by atoms with Gasteiger partial charge in [0.1, 0.15) is 17.2 Å². The molecular formula is C12H19ClN4. The molecule has 0 aromatic carbocycles. The first-order chi connectivity index (χ1) is 8.18. The van der Waals surface area contributed by atoms with Crippen molar-refractivity contribution in [3.8, 4) is 0 Å². The monoisotopic (exact) mass is 254 g/mol. The number of aromatic nitrogens is 2. The normalized spacial score (nSPS) is 29.0. The van der Waals surface area contributed by atoms with E-state index in [0.717, 1.165) is 6.42 Å². The van der Waals surface area contributed by atoms with Crippen molar-refractivity contribution in [3.05, 3.63) is 17.5 Å². The zero-order valence-electron chi connectivity index (χ0n) is 10.1. The van der Waals surface area contributed by atoms with Crippen molar-refractivity contribution in [2.45, 2.75) is 38.1 Å². The summed E-state index contributed by atoms with van der Waals surface area (Å²) in [6, 6.07) is 0. The summed E-state index contributed by atoms with van der Waals surface area (Å²) in [5.41, 5.74) is 5.90. The molecule has 0 aliphatic heterocycles. The van der Waals surface area contributed by atoms with Gasteiger partial charge in [-0.25, -0.2) is 9.97 Å². The zero-order chi connectivity index (χ0) is 12.3. The third-order valence-corrected chi connectivity index (χ3v) is 4.13. The Morgan fingerprint density at radius 1 is 1.59 bits per heavy atom. The van der Waals surface area contributed by atoms with E-state index < -0.39 is 0 Å². The van der Waals surface area contributed by atoms with E-state index in [1.54, 1.807) is 6.20 Å². The van der Waals surface area contributed by atoms with Gasteiger partial charge in [0, 0.05) is 6.54 Å². The number of halogens is 1. The number of rotatable bonds is 3. The Kier molecular flexibility index (Phi) is 3.84. The standard InChI is InChI=1S/C12H19ClN4/c1-9-4-2-3-5-12(9,7-14)17-11-10(13)6-15-8-16-11/h6,8-9H,2-5,7,14H2,1H3,(H,15,16,17). The van der Waals surface area contributed by atoms with E-state index in [9.17, 15) is 0 Å². The molecule has 1 aliphatic rings. The fourth-order valence-electron chi connectivity index (χ4n) is 2.59. The molecule has 0 saturated heterocycles. The van der Waals surface area contributed by atoms with Gasteiger partial charge in [0.2, 0.25) is 0 Å². The first-order valence-electron chi connectivity index (χ1n) is 6.12. The smallest absolute Gasteiger partial charge is 0.148 e. The van der Waals surface area contributed by atoms with Crippen LogP contribution in [0.4, 0.5) is 5.82 Å². The molecule has 1 saturated carbocycles. The minimum atomic E-state index is -0.0732. The summed E-state index contributed by atoms with van der Waals surface area (Å²) < 4.78 is 0. The molecule has 1 fully saturated rings. The van der Waals surface area contributed by atoms with Crippen LogP contribution in [0, 0.1) is 5.92 Å². The third-order valence-electron chi connectivity index (χ3n) is 3.85. The van der Waals surface area contributed by atoms with E-state index in [2.05, 4.69) is 22.2 Å². The lowest BCUT2D eigenvalue weighted by molar-refractivity contribution is 0.235. The molecule has 2 rings (SSSR count). The Morgan fingerprint density at radius 3 is 3.06 bits per heavy atom. The molecule has 1 aliphatic carbocycles. The van der Waals surface area contributed by atoms with Crippen molar-refractivity contribution in [2.75, 3.05) is 11.9 Å². The first-order valence-corrected chi connectivity index (χ1v) is 6.49. The van der Waals surface area contributed by atoms with Crippen LogP contribution in [0.25, 0.3) is 0 Å². The second-order valence-corrected chi connectivity index (χ2v) is 5.26. The molecule has 17 heavy (non-hydrogen) atoms. The SMILES string of the molecule is CC1CCCCC1(CN)Nc1ncncc1Cl. The van der Waals surface area contributed by atoms with Crippen LogP contribution in [0.5, 0.6) is 0 Å². The second kappa shape index (κ2) is 5.19. The second-order valence-electron chi connectivity index (χ2n) is 4.85. The van der Waals surface area contributed by atoms with Crippen LogP contribution in [-0.2, 0) is 0 Å². The Balaban J connectivity index is 2.22. The maximum Gasteiger partial charge on any atom is 0.148 e. The number of anilines is 1. The molecule has 5 heteroatoms. The molecule has 0 radical (unpaired) electrons. The van der Waals surface area contributed by atoms with Crippen molar-refractivity contribution in [2.24, 2.45) is 11.7 Å². The fourth-order valence-corrected chi connectivity index (χ4v) is 2.75. The number of nitrogens with one attached hydrogen (secondary N) is 1. The van der Waals surface area contributed by atoms with Crippen LogP contribution in [0.2, 0.25) is 5.02 Å². The van der Waals surface area contributed by atoms with Gasteiger partial charge in [-0.1, -0.05) is 31.4 Å². The predicted octanol–water partition coefficient (Wildman–Crippen LogP) is 2.45. The van der Waals surface area contributed by atoms with Crippen LogP contribution >= 0.6 is 11.6 Å². The van der Waals surface area contributed by atoms with Gasteiger partial charge < -0.3 is 11.1 Å². The first kappa shape index (κ1) is 12.6. The molecule has 4 nitrogen and oxygen atoms in total. The van der Waals surface area contributed by atoms with Crippen molar-refractivity contribution in [1.82, 2.24) is 9.97 Å². The van der Waals surface area contributed by atoms with Crippen LogP contribution < -0.4 is 11.1 Å².